The fourth-order valence-corrected chi connectivity index (χ4v) is 2.56. The quantitative estimate of drug-likeness (QED) is 0.629. The number of nitrogens with zero attached hydrogens (tertiary/aromatic N) is 3. The molecule has 0 unspecified atom stereocenters. The Morgan fingerprint density at radius 1 is 1.29 bits per heavy atom. The van der Waals surface area contributed by atoms with Crippen LogP contribution in [0.5, 0.6) is 0 Å². The molecule has 1 amide bonds. The molecule has 0 spiro atoms. The Hall–Kier alpha value is -2.93. The Bertz CT molecular complexity index is 853. The first-order valence-electron chi connectivity index (χ1n) is 7.01. The molecule has 24 heavy (non-hydrogen) atoms. The Kier molecular flexibility index (Phi) is 4.18. The van der Waals surface area contributed by atoms with Crippen molar-refractivity contribution in [1.82, 2.24) is 5.01 Å². The van der Waals surface area contributed by atoms with E-state index in [1.807, 2.05) is 0 Å². The number of hydrogen-bond donors (Lipinski definition) is 0. The summed E-state index contributed by atoms with van der Waals surface area (Å²) in [7, 11) is 0. The van der Waals surface area contributed by atoms with E-state index in [1.165, 1.54) is 19.1 Å². The third-order valence-electron chi connectivity index (χ3n) is 3.44. The zero-order valence-corrected chi connectivity index (χ0v) is 13.3. The molecule has 0 fully saturated rings. The van der Waals surface area contributed by atoms with Crippen LogP contribution in [0.2, 0.25) is 5.02 Å². The van der Waals surface area contributed by atoms with Gasteiger partial charge >= 0.3 is 0 Å². The zero-order chi connectivity index (χ0) is 17.3. The van der Waals surface area contributed by atoms with Crippen LogP contribution in [0.1, 0.15) is 24.3 Å². The zero-order valence-electron chi connectivity index (χ0n) is 12.5. The first kappa shape index (κ1) is 15.9. The molecule has 0 saturated carbocycles. The molecule has 1 atom stereocenters. The van der Waals surface area contributed by atoms with Crippen molar-refractivity contribution in [3.05, 3.63) is 74.8 Å². The van der Waals surface area contributed by atoms with Crippen LogP contribution >= 0.6 is 11.6 Å². The van der Waals surface area contributed by atoms with Crippen molar-refractivity contribution >= 4 is 29.1 Å². The summed E-state index contributed by atoms with van der Waals surface area (Å²) >= 11 is 5.96. The first-order valence-corrected chi connectivity index (χ1v) is 7.39. The van der Waals surface area contributed by atoms with Gasteiger partial charge in [-0.3, -0.25) is 14.9 Å². The van der Waals surface area contributed by atoms with E-state index >= 15 is 0 Å². The van der Waals surface area contributed by atoms with E-state index in [4.69, 9.17) is 16.3 Å². The molecule has 0 radical (unpaired) electrons. The molecule has 1 aliphatic heterocycles. The number of amides is 1. The molecule has 1 aliphatic rings. The minimum absolute atomic E-state index is 0.142. The average molecular weight is 346 g/mol. The number of nitro groups is 1. The summed E-state index contributed by atoms with van der Waals surface area (Å²) in [5, 5.41) is 17.0. The van der Waals surface area contributed by atoms with E-state index in [-0.39, 0.29) is 17.1 Å². The summed E-state index contributed by atoms with van der Waals surface area (Å²) in [6.07, 6.45) is -1.00. The number of carbonyl (C=O) groups excluding carboxylic acids is 1. The molecule has 0 aliphatic carbocycles. The van der Waals surface area contributed by atoms with Crippen LogP contribution in [0.25, 0.3) is 0 Å². The van der Waals surface area contributed by atoms with Gasteiger partial charge in [0.15, 0.2) is 0 Å². The van der Waals surface area contributed by atoms with Gasteiger partial charge in [-0.25, -0.2) is 0 Å². The molecular weight excluding hydrogens is 334 g/mol. The lowest BCUT2D eigenvalue weighted by molar-refractivity contribution is -0.386. The van der Waals surface area contributed by atoms with Crippen molar-refractivity contribution in [3.8, 4) is 0 Å². The molecule has 122 valence electrons. The average Bonchev–Trinajstić information content (AvgIpc) is 3.00. The smallest absolute Gasteiger partial charge is 0.278 e. The van der Waals surface area contributed by atoms with E-state index in [0.717, 1.165) is 5.01 Å². The Labute approximate surface area is 142 Å². The van der Waals surface area contributed by atoms with Crippen LogP contribution in [0.15, 0.2) is 53.6 Å². The maximum Gasteiger partial charge on any atom is 0.278 e. The van der Waals surface area contributed by atoms with Gasteiger partial charge in [-0.2, -0.15) is 5.01 Å². The molecule has 8 heteroatoms. The number of benzene rings is 2. The molecule has 3 rings (SSSR count). The second kappa shape index (κ2) is 6.29. The number of para-hydroxylation sites is 1. The number of ether oxygens (including phenoxy) is 1. The first-order chi connectivity index (χ1) is 11.5. The van der Waals surface area contributed by atoms with E-state index in [0.29, 0.717) is 10.6 Å². The SMILES string of the molecule is CC(=O)N1N=C(c2cccc(Cl)c2)O[C@@H]1c1ccccc1[N+](=O)[O-]. The third kappa shape index (κ3) is 2.93. The summed E-state index contributed by atoms with van der Waals surface area (Å²) in [5.41, 5.74) is 0.685. The van der Waals surface area contributed by atoms with Gasteiger partial charge in [0.2, 0.25) is 18.0 Å². The summed E-state index contributed by atoms with van der Waals surface area (Å²) in [4.78, 5) is 22.6. The van der Waals surface area contributed by atoms with Crippen molar-refractivity contribution in [3.63, 3.8) is 0 Å². The Morgan fingerprint density at radius 3 is 2.71 bits per heavy atom. The number of carbonyl (C=O) groups is 1. The minimum Gasteiger partial charge on any atom is -0.445 e. The molecule has 2 aromatic rings. The van der Waals surface area contributed by atoms with Gasteiger partial charge in [0.05, 0.1) is 10.5 Å². The van der Waals surface area contributed by atoms with Gasteiger partial charge in [0.1, 0.15) is 0 Å². The van der Waals surface area contributed by atoms with E-state index < -0.39 is 17.1 Å². The van der Waals surface area contributed by atoms with Gasteiger partial charge in [-0.1, -0.05) is 29.8 Å². The van der Waals surface area contributed by atoms with Gasteiger partial charge in [-0.15, -0.1) is 5.10 Å². The summed E-state index contributed by atoms with van der Waals surface area (Å²) in [6, 6.07) is 12.9. The highest BCUT2D eigenvalue weighted by Gasteiger charge is 2.37. The van der Waals surface area contributed by atoms with Crippen LogP contribution in [0, 0.1) is 10.1 Å². The predicted octanol–water partition coefficient (Wildman–Crippen LogP) is 3.49. The number of rotatable bonds is 3. The Balaban J connectivity index is 2.02. The fourth-order valence-electron chi connectivity index (χ4n) is 2.37. The van der Waals surface area contributed by atoms with Crippen molar-refractivity contribution in [2.24, 2.45) is 5.10 Å². The van der Waals surface area contributed by atoms with Gasteiger partial charge in [-0.05, 0) is 24.3 Å². The molecule has 7 nitrogen and oxygen atoms in total. The van der Waals surface area contributed by atoms with E-state index in [2.05, 4.69) is 5.10 Å². The fraction of sp³-hybridized carbons (Fsp3) is 0.125. The van der Waals surface area contributed by atoms with Crippen LogP contribution in [0.3, 0.4) is 0 Å². The number of hydrogen-bond acceptors (Lipinski definition) is 5. The number of halogens is 1. The second-order valence-electron chi connectivity index (χ2n) is 5.07. The number of nitro benzene ring substituents is 1. The molecule has 0 saturated heterocycles. The lowest BCUT2D eigenvalue weighted by atomic mass is 10.1. The summed E-state index contributed by atoms with van der Waals surface area (Å²) in [6.45, 7) is 1.32. The molecule has 0 N–H and O–H groups in total. The highest BCUT2D eigenvalue weighted by Crippen LogP contribution is 2.35. The summed E-state index contributed by atoms with van der Waals surface area (Å²) in [5.74, 6) is -0.217. The van der Waals surface area contributed by atoms with Crippen LogP contribution < -0.4 is 0 Å². The molecule has 0 aromatic heterocycles. The van der Waals surface area contributed by atoms with Crippen molar-refractivity contribution in [2.45, 2.75) is 13.2 Å². The predicted molar refractivity (Wildman–Crippen MR) is 87.4 cm³/mol. The molecule has 2 aromatic carbocycles. The van der Waals surface area contributed by atoms with Gasteiger partial charge in [0, 0.05) is 23.6 Å². The third-order valence-corrected chi connectivity index (χ3v) is 3.67. The molecule has 1 heterocycles. The van der Waals surface area contributed by atoms with Crippen LogP contribution in [-0.2, 0) is 9.53 Å². The van der Waals surface area contributed by atoms with Crippen LogP contribution in [0.4, 0.5) is 5.69 Å². The molecular formula is C16H12ClN3O4. The highest BCUT2D eigenvalue weighted by atomic mass is 35.5. The maximum absolute atomic E-state index is 11.9. The topological polar surface area (TPSA) is 85.0 Å². The standard InChI is InChI=1S/C16H12ClN3O4/c1-10(21)19-16(13-7-2-3-8-14(13)20(22)23)24-15(18-19)11-5-4-6-12(17)9-11/h2-9,16H,1H3/t16-/m1/s1. The second-order valence-corrected chi connectivity index (χ2v) is 5.50. The van der Waals surface area contributed by atoms with Crippen molar-refractivity contribution < 1.29 is 14.5 Å². The lowest BCUT2D eigenvalue weighted by Gasteiger charge is -2.19. The minimum atomic E-state index is -1.00. The largest absolute Gasteiger partial charge is 0.445 e. The monoisotopic (exact) mass is 345 g/mol. The summed E-state index contributed by atoms with van der Waals surface area (Å²) < 4.78 is 5.75. The van der Waals surface area contributed by atoms with Gasteiger partial charge < -0.3 is 4.74 Å². The van der Waals surface area contributed by atoms with Crippen molar-refractivity contribution in [1.29, 1.82) is 0 Å². The van der Waals surface area contributed by atoms with E-state index in [9.17, 15) is 14.9 Å². The van der Waals surface area contributed by atoms with Crippen molar-refractivity contribution in [2.75, 3.05) is 0 Å². The number of hydrazone groups is 1. The normalized spacial score (nSPS) is 16.5. The lowest BCUT2D eigenvalue weighted by Crippen LogP contribution is -2.25. The Morgan fingerprint density at radius 2 is 2.04 bits per heavy atom. The van der Waals surface area contributed by atoms with Crippen LogP contribution in [-0.4, -0.2) is 21.7 Å². The van der Waals surface area contributed by atoms with E-state index in [1.54, 1.807) is 36.4 Å². The molecule has 0 bridgehead atoms. The highest BCUT2D eigenvalue weighted by molar-refractivity contribution is 6.31. The van der Waals surface area contributed by atoms with Gasteiger partial charge in [0.25, 0.3) is 5.69 Å². The maximum atomic E-state index is 11.9.